The Morgan fingerprint density at radius 1 is 1.17 bits per heavy atom. The Kier molecular flexibility index (Phi) is 9.35. The Labute approximate surface area is 215 Å². The third kappa shape index (κ3) is 6.99. The molecule has 2 aromatic rings. The maximum absolute atomic E-state index is 13.8. The number of nitrogens with one attached hydrogen (secondary N) is 3. The first kappa shape index (κ1) is 27.5. The molecule has 1 aromatic carbocycles. The summed E-state index contributed by atoms with van der Waals surface area (Å²) in [6.07, 6.45) is -2.92. The molecule has 1 fully saturated rings. The third-order valence-corrected chi connectivity index (χ3v) is 6.46. The number of alkyl halides is 2. The summed E-state index contributed by atoms with van der Waals surface area (Å²) in [7, 11) is 0. The minimum absolute atomic E-state index is 0.0304. The molecular weight excluding hydrogens is 518 g/mol. The highest BCUT2D eigenvalue weighted by Gasteiger charge is 2.27. The van der Waals surface area contributed by atoms with Crippen molar-refractivity contribution in [3.8, 4) is 0 Å². The van der Waals surface area contributed by atoms with Crippen molar-refractivity contribution in [3.63, 3.8) is 0 Å². The largest absolute Gasteiger partial charge is 0.370 e. The van der Waals surface area contributed by atoms with Crippen molar-refractivity contribution in [2.75, 3.05) is 36.5 Å². The number of rotatable bonds is 9. The van der Waals surface area contributed by atoms with Gasteiger partial charge < -0.3 is 25.6 Å². The van der Waals surface area contributed by atoms with Crippen LogP contribution in [-0.4, -0.2) is 56.0 Å². The number of halogens is 3. The number of hydrogen-bond acceptors (Lipinski definition) is 6. The summed E-state index contributed by atoms with van der Waals surface area (Å²) in [4.78, 5) is 51.3. The molecule has 0 spiro atoms. The van der Waals surface area contributed by atoms with Gasteiger partial charge in [-0.05, 0) is 30.3 Å². The van der Waals surface area contributed by atoms with Gasteiger partial charge in [0.15, 0.2) is 0 Å². The van der Waals surface area contributed by atoms with E-state index >= 15 is 0 Å². The van der Waals surface area contributed by atoms with Gasteiger partial charge in [0.05, 0.1) is 21.5 Å². The quantitative estimate of drug-likeness (QED) is 0.450. The lowest BCUT2D eigenvalue weighted by Crippen LogP contribution is -2.51. The molecule has 1 aliphatic heterocycles. The van der Waals surface area contributed by atoms with Gasteiger partial charge in [-0.1, -0.05) is 25.4 Å². The Morgan fingerprint density at radius 3 is 2.53 bits per heavy atom. The topological polar surface area (TPSA) is 117 Å². The molecule has 0 unspecified atom stereocenters. The molecule has 3 N–H and O–H groups in total. The third-order valence-electron chi connectivity index (χ3n) is 5.23. The molecule has 3 rings (SSSR count). The van der Waals surface area contributed by atoms with Gasteiger partial charge >= 0.3 is 0 Å². The van der Waals surface area contributed by atoms with E-state index < -0.39 is 47.6 Å². The summed E-state index contributed by atoms with van der Waals surface area (Å²) in [5.74, 6) is -2.52. The van der Waals surface area contributed by atoms with Crippen LogP contribution in [0.15, 0.2) is 30.3 Å². The first-order valence-electron chi connectivity index (χ1n) is 11.0. The maximum atomic E-state index is 13.8. The number of thiophene rings is 1. The van der Waals surface area contributed by atoms with E-state index in [1.807, 2.05) is 0 Å². The molecule has 0 radical (unpaired) electrons. The van der Waals surface area contributed by atoms with E-state index in [9.17, 15) is 28.0 Å². The first-order valence-corrected chi connectivity index (χ1v) is 12.2. The van der Waals surface area contributed by atoms with Crippen LogP contribution in [0.2, 0.25) is 4.34 Å². The van der Waals surface area contributed by atoms with Crippen molar-refractivity contribution in [2.45, 2.75) is 26.3 Å². The highest BCUT2D eigenvalue weighted by molar-refractivity contribution is 7.18. The van der Waals surface area contributed by atoms with E-state index in [0.717, 1.165) is 17.4 Å². The fourth-order valence-electron chi connectivity index (χ4n) is 3.32. The Bertz CT molecular complexity index is 1140. The molecule has 1 aromatic heterocycles. The van der Waals surface area contributed by atoms with Crippen LogP contribution in [0.5, 0.6) is 0 Å². The molecule has 1 saturated heterocycles. The van der Waals surface area contributed by atoms with Gasteiger partial charge in [0, 0.05) is 30.3 Å². The molecule has 4 amide bonds. The fourth-order valence-corrected chi connectivity index (χ4v) is 4.28. The SMILES string of the molecule is CC(C)C(=O)N[C@H](CNC(=O)c1ccc(Cl)s1)C(=O)Nc1ccc(N2CCOCC2=O)c(C(F)F)c1. The van der Waals surface area contributed by atoms with Crippen LogP contribution in [-0.2, 0) is 19.1 Å². The van der Waals surface area contributed by atoms with Crippen molar-refractivity contribution in [1.29, 1.82) is 0 Å². The molecule has 1 aliphatic rings. The first-order chi connectivity index (χ1) is 17.1. The van der Waals surface area contributed by atoms with Crippen LogP contribution in [0.3, 0.4) is 0 Å². The lowest BCUT2D eigenvalue weighted by molar-refractivity contribution is -0.128. The van der Waals surface area contributed by atoms with Crippen LogP contribution in [0, 0.1) is 5.92 Å². The van der Waals surface area contributed by atoms with E-state index in [0.29, 0.717) is 9.21 Å². The van der Waals surface area contributed by atoms with Crippen molar-refractivity contribution >= 4 is 57.9 Å². The summed E-state index contributed by atoms with van der Waals surface area (Å²) >= 11 is 6.90. The molecule has 36 heavy (non-hydrogen) atoms. The summed E-state index contributed by atoms with van der Waals surface area (Å²) in [6.45, 7) is 3.16. The number of morpholine rings is 1. The molecule has 9 nitrogen and oxygen atoms in total. The number of hydrogen-bond donors (Lipinski definition) is 3. The van der Waals surface area contributed by atoms with Gasteiger partial charge in [0.2, 0.25) is 11.8 Å². The van der Waals surface area contributed by atoms with Gasteiger partial charge in [-0.25, -0.2) is 8.78 Å². The molecule has 194 valence electrons. The summed E-state index contributed by atoms with van der Waals surface area (Å²) in [5.41, 5.74) is -0.364. The molecule has 0 bridgehead atoms. The normalized spacial score (nSPS) is 14.6. The smallest absolute Gasteiger partial charge is 0.265 e. The highest BCUT2D eigenvalue weighted by Crippen LogP contribution is 2.33. The summed E-state index contributed by atoms with van der Waals surface area (Å²) in [5, 5.41) is 7.63. The lowest BCUT2D eigenvalue weighted by atomic mass is 10.1. The van der Waals surface area contributed by atoms with Gasteiger partial charge in [-0.2, -0.15) is 0 Å². The van der Waals surface area contributed by atoms with Crippen LogP contribution in [0.1, 0.15) is 35.5 Å². The highest BCUT2D eigenvalue weighted by atomic mass is 35.5. The number of carbonyl (C=O) groups excluding carboxylic acids is 4. The zero-order valence-electron chi connectivity index (χ0n) is 19.5. The van der Waals surface area contributed by atoms with Gasteiger partial charge in [-0.3, -0.25) is 19.2 Å². The van der Waals surface area contributed by atoms with Crippen LogP contribution in [0.25, 0.3) is 0 Å². The van der Waals surface area contributed by atoms with Crippen LogP contribution < -0.4 is 20.9 Å². The zero-order valence-corrected chi connectivity index (χ0v) is 21.1. The second-order valence-corrected chi connectivity index (χ2v) is 9.91. The standard InChI is InChI=1S/C23H25ClF2N4O5S/c1-12(2)21(32)29-15(10-27-23(34)17-5-6-18(24)36-17)22(33)28-13-3-4-16(14(9-13)20(25)26)30-7-8-35-11-19(30)31/h3-6,9,12,15,20H,7-8,10-11H2,1-2H3,(H,27,34)(H,28,33)(H,29,32)/t15-/m1/s1. The molecular formula is C23H25ClF2N4O5S. The zero-order chi connectivity index (χ0) is 26.4. The molecule has 1 atom stereocenters. The second kappa shape index (κ2) is 12.2. The maximum Gasteiger partial charge on any atom is 0.265 e. The van der Waals surface area contributed by atoms with Crippen molar-refractivity contribution in [2.24, 2.45) is 5.92 Å². The van der Waals surface area contributed by atoms with Crippen molar-refractivity contribution < 1.29 is 32.7 Å². The van der Waals surface area contributed by atoms with E-state index in [1.54, 1.807) is 19.9 Å². The molecule has 0 aliphatic carbocycles. The fraction of sp³-hybridized carbons (Fsp3) is 0.391. The van der Waals surface area contributed by atoms with Gasteiger partial charge in [0.1, 0.15) is 12.6 Å². The van der Waals surface area contributed by atoms with Crippen molar-refractivity contribution in [3.05, 3.63) is 45.1 Å². The predicted molar refractivity (Wildman–Crippen MR) is 132 cm³/mol. The van der Waals surface area contributed by atoms with Gasteiger partial charge in [-0.15, -0.1) is 11.3 Å². The average Bonchev–Trinajstić information content (AvgIpc) is 3.28. The second-order valence-electron chi connectivity index (χ2n) is 8.19. The van der Waals surface area contributed by atoms with E-state index in [1.165, 1.54) is 23.1 Å². The molecule has 13 heteroatoms. The van der Waals surface area contributed by atoms with Crippen molar-refractivity contribution in [1.82, 2.24) is 10.6 Å². The molecule has 2 heterocycles. The number of benzene rings is 1. The molecule has 0 saturated carbocycles. The number of nitrogens with zero attached hydrogens (tertiary/aromatic N) is 1. The van der Waals surface area contributed by atoms with Gasteiger partial charge in [0.25, 0.3) is 18.2 Å². The summed E-state index contributed by atoms with van der Waals surface area (Å²) < 4.78 is 33.1. The van der Waals surface area contributed by atoms with Crippen LogP contribution in [0.4, 0.5) is 20.2 Å². The number of carbonyl (C=O) groups is 4. The minimum Gasteiger partial charge on any atom is -0.370 e. The predicted octanol–water partition coefficient (Wildman–Crippen LogP) is 3.21. The lowest BCUT2D eigenvalue weighted by Gasteiger charge is -2.29. The Balaban J connectivity index is 1.77. The number of amides is 4. The average molecular weight is 543 g/mol. The van der Waals surface area contributed by atoms with E-state index in [4.69, 9.17) is 16.3 Å². The van der Waals surface area contributed by atoms with E-state index in [-0.39, 0.29) is 37.7 Å². The minimum atomic E-state index is -2.92. The Morgan fingerprint density at radius 2 is 1.92 bits per heavy atom. The summed E-state index contributed by atoms with van der Waals surface area (Å²) in [6, 6.07) is 5.68. The Hall–Kier alpha value is -3.09. The van der Waals surface area contributed by atoms with Crippen LogP contribution >= 0.6 is 22.9 Å². The number of anilines is 2. The number of ether oxygens (including phenoxy) is 1. The van der Waals surface area contributed by atoms with E-state index in [2.05, 4.69) is 16.0 Å². The monoisotopic (exact) mass is 542 g/mol.